The first kappa shape index (κ1) is 30.2. The topological polar surface area (TPSA) is 96.3 Å². The summed E-state index contributed by atoms with van der Waals surface area (Å²) >= 11 is 1.46. The van der Waals surface area contributed by atoms with Gasteiger partial charge in [0.15, 0.2) is 11.0 Å². The largest absolute Gasteiger partial charge is 0.481 e. The Kier molecular flexibility index (Phi) is 9.32. The summed E-state index contributed by atoms with van der Waals surface area (Å²) < 4.78 is 30.4. The van der Waals surface area contributed by atoms with Crippen molar-refractivity contribution in [3.8, 4) is 11.3 Å². The van der Waals surface area contributed by atoms with Crippen molar-refractivity contribution in [1.82, 2.24) is 20.1 Å². The van der Waals surface area contributed by atoms with Crippen molar-refractivity contribution in [3.05, 3.63) is 41.2 Å². The van der Waals surface area contributed by atoms with Crippen molar-refractivity contribution in [2.24, 2.45) is 10.4 Å². The molecular weight excluding hydrogens is 560 g/mol. The number of nitrogens with one attached hydrogen (secondary N) is 2. The van der Waals surface area contributed by atoms with Gasteiger partial charge in [0, 0.05) is 51.4 Å². The second-order valence-corrected chi connectivity index (χ2v) is 12.6. The van der Waals surface area contributed by atoms with Crippen molar-refractivity contribution in [2.75, 3.05) is 62.7 Å². The molecule has 3 aliphatic rings. The van der Waals surface area contributed by atoms with Crippen LogP contribution in [0.1, 0.15) is 52.0 Å². The molecule has 0 radical (unpaired) electrons. The lowest BCUT2D eigenvalue weighted by Crippen LogP contribution is -2.50. The number of carbonyl (C=O) groups is 1. The van der Waals surface area contributed by atoms with Crippen molar-refractivity contribution in [3.63, 3.8) is 0 Å². The number of amidine groups is 1. The summed E-state index contributed by atoms with van der Waals surface area (Å²) in [5.74, 6) is -1.08. The predicted octanol–water partition coefficient (Wildman–Crippen LogP) is 5.13. The zero-order valence-corrected chi connectivity index (χ0v) is 25.5. The monoisotopic (exact) mass is 601 g/mol. The van der Waals surface area contributed by atoms with Crippen LogP contribution < -0.4 is 15.5 Å². The van der Waals surface area contributed by atoms with Crippen LogP contribution in [0.4, 0.5) is 18.9 Å². The number of hydrogen-bond donors (Lipinski definition) is 3. The number of benzene rings is 1. The van der Waals surface area contributed by atoms with E-state index in [0.717, 1.165) is 48.5 Å². The number of nitrogens with zero attached hydrogens (tertiary/aromatic N) is 5. The third-order valence-electron chi connectivity index (χ3n) is 8.81. The van der Waals surface area contributed by atoms with Crippen molar-refractivity contribution in [2.45, 2.75) is 52.9 Å². The standard InChI is InChI=1S/C30H41F2N7O2S/c1-4-20-16-21(18-22(31)17-20)25-28(39-10-7-30(3,5-2)8-11-39)42-29(35-25)36-26-24(32)27(34-19-33-26)38-14-12-37(13-15-38)9-6-23(40)41/h16-18,33H,4-15,19H2,1-3H3,(H,35,36)(H,40,41). The zero-order valence-electron chi connectivity index (χ0n) is 24.7. The fourth-order valence-electron chi connectivity index (χ4n) is 5.70. The summed E-state index contributed by atoms with van der Waals surface area (Å²) in [4.78, 5) is 26.5. The molecule has 42 heavy (non-hydrogen) atoms. The number of carboxylic acids is 1. The minimum Gasteiger partial charge on any atom is -0.481 e. The van der Waals surface area contributed by atoms with Crippen LogP contribution in [0.25, 0.3) is 11.3 Å². The van der Waals surface area contributed by atoms with Gasteiger partial charge in [0.2, 0.25) is 5.83 Å². The van der Waals surface area contributed by atoms with Crippen LogP contribution in [0.2, 0.25) is 0 Å². The quantitative estimate of drug-likeness (QED) is 0.364. The molecule has 0 bridgehead atoms. The van der Waals surface area contributed by atoms with E-state index in [-0.39, 0.29) is 24.7 Å². The van der Waals surface area contributed by atoms with E-state index in [0.29, 0.717) is 61.2 Å². The number of thiazole rings is 1. The maximum absolute atomic E-state index is 15.8. The molecular formula is C30H41F2N7O2S. The number of piperidine rings is 1. The van der Waals surface area contributed by atoms with Gasteiger partial charge < -0.3 is 25.5 Å². The van der Waals surface area contributed by atoms with Crippen LogP contribution in [0.3, 0.4) is 0 Å². The summed E-state index contributed by atoms with van der Waals surface area (Å²) in [6.45, 7) is 11.5. The number of aromatic nitrogens is 1. The number of piperazine rings is 1. The number of carboxylic acid groups (broad SMARTS) is 1. The fourth-order valence-corrected chi connectivity index (χ4v) is 6.74. The number of aryl methyl sites for hydroxylation is 1. The Morgan fingerprint density at radius 1 is 1.10 bits per heavy atom. The van der Waals surface area contributed by atoms with Gasteiger partial charge in [-0.15, -0.1) is 0 Å². The molecule has 5 rings (SSSR count). The summed E-state index contributed by atoms with van der Waals surface area (Å²) in [6.07, 6.45) is 4.07. The maximum atomic E-state index is 15.8. The van der Waals surface area contributed by atoms with Gasteiger partial charge in [-0.1, -0.05) is 38.5 Å². The Labute approximate surface area is 250 Å². The Morgan fingerprint density at radius 3 is 2.50 bits per heavy atom. The molecule has 3 aliphatic heterocycles. The molecule has 0 aliphatic carbocycles. The second kappa shape index (κ2) is 12.9. The summed E-state index contributed by atoms with van der Waals surface area (Å²) in [6, 6.07) is 5.08. The molecule has 12 heteroatoms. The van der Waals surface area contributed by atoms with Gasteiger partial charge >= 0.3 is 5.97 Å². The Balaban J connectivity index is 1.37. The van der Waals surface area contributed by atoms with E-state index < -0.39 is 11.8 Å². The third kappa shape index (κ3) is 6.86. The van der Waals surface area contributed by atoms with E-state index in [4.69, 9.17) is 10.1 Å². The van der Waals surface area contributed by atoms with E-state index in [1.54, 1.807) is 6.07 Å². The van der Waals surface area contributed by atoms with Crippen molar-refractivity contribution >= 4 is 33.3 Å². The van der Waals surface area contributed by atoms with E-state index >= 15 is 4.39 Å². The van der Waals surface area contributed by atoms with E-state index in [1.807, 2.05) is 17.9 Å². The molecule has 0 spiro atoms. The molecule has 1 aromatic heterocycles. The van der Waals surface area contributed by atoms with Crippen LogP contribution >= 0.6 is 11.3 Å². The first-order valence-electron chi connectivity index (χ1n) is 14.9. The number of aliphatic carboxylic acids is 1. The van der Waals surface area contributed by atoms with Crippen LogP contribution in [0.5, 0.6) is 0 Å². The molecule has 2 saturated heterocycles. The molecule has 0 amide bonds. The first-order valence-corrected chi connectivity index (χ1v) is 15.7. The number of anilines is 2. The number of rotatable bonds is 9. The number of aliphatic imine (C=N–C) groups is 1. The first-order chi connectivity index (χ1) is 20.2. The number of hydrogen-bond acceptors (Lipinski definition) is 9. The van der Waals surface area contributed by atoms with Crippen LogP contribution in [0.15, 0.2) is 34.8 Å². The average molecular weight is 602 g/mol. The summed E-state index contributed by atoms with van der Waals surface area (Å²) in [5, 5.41) is 16.7. The lowest BCUT2D eigenvalue weighted by Gasteiger charge is -2.39. The smallest absolute Gasteiger partial charge is 0.304 e. The second-order valence-electron chi connectivity index (χ2n) is 11.6. The Morgan fingerprint density at radius 2 is 1.83 bits per heavy atom. The van der Waals surface area contributed by atoms with Crippen molar-refractivity contribution < 1.29 is 18.7 Å². The number of halogens is 2. The molecule has 4 heterocycles. The van der Waals surface area contributed by atoms with Gasteiger partial charge in [0.25, 0.3) is 0 Å². The molecule has 2 fully saturated rings. The van der Waals surface area contributed by atoms with E-state index in [9.17, 15) is 9.18 Å². The summed E-state index contributed by atoms with van der Waals surface area (Å²) in [5.41, 5.74) is 2.65. The highest BCUT2D eigenvalue weighted by atomic mass is 32.1. The van der Waals surface area contributed by atoms with Gasteiger partial charge in [-0.3, -0.25) is 9.69 Å². The third-order valence-corrected chi connectivity index (χ3v) is 9.84. The molecule has 0 saturated carbocycles. The van der Waals surface area contributed by atoms with Crippen LogP contribution in [-0.2, 0) is 11.2 Å². The minimum absolute atomic E-state index is 0.0930. The van der Waals surface area contributed by atoms with Gasteiger partial charge in [0.1, 0.15) is 29.0 Å². The molecule has 9 nitrogen and oxygen atoms in total. The SMILES string of the molecule is CCc1cc(F)cc(-c2nc(NC3=C(F)C(N4CCN(CCC(=O)O)CC4)=NCN3)sc2N2CCC(C)(CC)CC2)c1. The Bertz CT molecular complexity index is 1350. The molecule has 2 aromatic rings. The maximum Gasteiger partial charge on any atom is 0.304 e. The zero-order chi connectivity index (χ0) is 29.9. The van der Waals surface area contributed by atoms with Gasteiger partial charge in [-0.25, -0.2) is 14.4 Å². The van der Waals surface area contributed by atoms with E-state index in [1.165, 1.54) is 17.4 Å². The Hall–Kier alpha value is -3.25. The van der Waals surface area contributed by atoms with Crippen molar-refractivity contribution in [1.29, 1.82) is 0 Å². The molecule has 1 aromatic carbocycles. The van der Waals surface area contributed by atoms with Gasteiger partial charge in [-0.05, 0) is 48.4 Å². The lowest BCUT2D eigenvalue weighted by molar-refractivity contribution is -0.137. The highest BCUT2D eigenvalue weighted by molar-refractivity contribution is 7.20. The molecule has 0 atom stereocenters. The molecule has 0 unspecified atom stereocenters. The molecule has 228 valence electrons. The normalized spacial score (nSPS) is 19.5. The van der Waals surface area contributed by atoms with Gasteiger partial charge in [-0.2, -0.15) is 4.39 Å². The lowest BCUT2D eigenvalue weighted by atomic mass is 9.78. The fraction of sp³-hybridized carbons (Fsp3) is 0.567. The highest BCUT2D eigenvalue weighted by Crippen LogP contribution is 2.43. The highest BCUT2D eigenvalue weighted by Gasteiger charge is 2.32. The average Bonchev–Trinajstić information content (AvgIpc) is 3.41. The van der Waals surface area contributed by atoms with Crippen LogP contribution in [0, 0.1) is 11.2 Å². The van der Waals surface area contributed by atoms with E-state index in [2.05, 4.69) is 39.3 Å². The minimum atomic E-state index is -0.818. The predicted molar refractivity (Wildman–Crippen MR) is 164 cm³/mol. The van der Waals surface area contributed by atoms with Gasteiger partial charge in [0.05, 0.1) is 6.42 Å². The summed E-state index contributed by atoms with van der Waals surface area (Å²) in [7, 11) is 0. The molecule has 3 N–H and O–H groups in total. The van der Waals surface area contributed by atoms with Crippen LogP contribution in [-0.4, -0.2) is 84.2 Å².